The molecule has 6 nitrogen and oxygen atoms in total. The molecule has 2 aromatic carbocycles. The van der Waals surface area contributed by atoms with Crippen LogP contribution in [0.3, 0.4) is 0 Å². The molecule has 7 heteroatoms. The highest BCUT2D eigenvalue weighted by Crippen LogP contribution is 2.36. The van der Waals surface area contributed by atoms with Crippen molar-refractivity contribution < 1.29 is 4.79 Å². The van der Waals surface area contributed by atoms with Gasteiger partial charge in [0.05, 0.1) is 10.9 Å². The van der Waals surface area contributed by atoms with E-state index in [1.54, 1.807) is 17.0 Å². The average Bonchev–Trinajstić information content (AvgIpc) is 3.37. The number of benzene rings is 2. The minimum absolute atomic E-state index is 0.0519. The minimum Gasteiger partial charge on any atom is -0.341 e. The van der Waals surface area contributed by atoms with E-state index in [0.717, 1.165) is 42.3 Å². The highest BCUT2D eigenvalue weighted by Gasteiger charge is 2.30. The van der Waals surface area contributed by atoms with E-state index in [9.17, 15) is 9.59 Å². The molecule has 1 saturated heterocycles. The number of fused-ring (bicyclic) bond motifs is 2. The van der Waals surface area contributed by atoms with Gasteiger partial charge in [-0.25, -0.2) is 4.98 Å². The molecule has 4 aromatic rings. The second kappa shape index (κ2) is 8.74. The van der Waals surface area contributed by atoms with Crippen molar-refractivity contribution >= 4 is 39.3 Å². The second-order valence-corrected chi connectivity index (χ2v) is 9.05. The number of thioether (sulfide) groups is 1. The Balaban J connectivity index is 1.63. The van der Waals surface area contributed by atoms with Crippen molar-refractivity contribution in [3.63, 3.8) is 0 Å². The molecule has 0 spiro atoms. The van der Waals surface area contributed by atoms with Crippen LogP contribution in [0, 0.1) is 0 Å². The van der Waals surface area contributed by atoms with Crippen molar-refractivity contribution in [1.82, 2.24) is 19.4 Å². The van der Waals surface area contributed by atoms with Crippen molar-refractivity contribution in [3.05, 3.63) is 76.8 Å². The lowest BCUT2D eigenvalue weighted by Crippen LogP contribution is -2.32. The lowest BCUT2D eigenvalue weighted by molar-refractivity contribution is -0.129. The number of carbonyl (C=O) groups excluding carboxylic acids is 1. The zero-order chi connectivity index (χ0) is 22.1. The maximum Gasteiger partial charge on any atom is 0.262 e. The number of hydrogen-bond acceptors (Lipinski definition) is 5. The standard InChI is InChI=1S/C25H24N4O2S/c1-2-29-23(30)20-14-17-8-3-4-9-18(17)15-21(20)27-25(29)32-22(19-10-7-11-26-16-19)24(31)28-12-5-6-13-28/h3-4,7-11,14-16,22H,2,5-6,12-13H2,1H3. The molecule has 0 N–H and O–H groups in total. The topological polar surface area (TPSA) is 68.1 Å². The molecule has 1 aliphatic heterocycles. The Morgan fingerprint density at radius 2 is 1.84 bits per heavy atom. The molecule has 0 radical (unpaired) electrons. The highest BCUT2D eigenvalue weighted by atomic mass is 32.2. The normalized spacial score (nSPS) is 14.8. The summed E-state index contributed by atoms with van der Waals surface area (Å²) >= 11 is 1.34. The van der Waals surface area contributed by atoms with Gasteiger partial charge in [-0.3, -0.25) is 19.1 Å². The van der Waals surface area contributed by atoms with E-state index in [1.807, 2.05) is 60.4 Å². The van der Waals surface area contributed by atoms with E-state index >= 15 is 0 Å². The predicted molar refractivity (Wildman–Crippen MR) is 128 cm³/mol. The number of hydrogen-bond donors (Lipinski definition) is 0. The third-order valence-corrected chi connectivity index (χ3v) is 7.19. The molecule has 1 amide bonds. The molecule has 162 valence electrons. The summed E-state index contributed by atoms with van der Waals surface area (Å²) in [6, 6.07) is 15.6. The molecule has 0 bridgehead atoms. The summed E-state index contributed by atoms with van der Waals surface area (Å²) in [6.45, 7) is 3.96. The first-order chi connectivity index (χ1) is 15.7. The van der Waals surface area contributed by atoms with Crippen molar-refractivity contribution in [2.75, 3.05) is 13.1 Å². The Morgan fingerprint density at radius 1 is 1.09 bits per heavy atom. The fourth-order valence-electron chi connectivity index (χ4n) is 4.26. The van der Waals surface area contributed by atoms with Crippen LogP contribution in [0.1, 0.15) is 30.6 Å². The van der Waals surface area contributed by atoms with Crippen molar-refractivity contribution in [2.24, 2.45) is 0 Å². The third-order valence-electron chi connectivity index (χ3n) is 5.96. The fourth-order valence-corrected chi connectivity index (χ4v) is 5.48. The quantitative estimate of drug-likeness (QED) is 0.259. The first-order valence-corrected chi connectivity index (χ1v) is 11.8. The molecule has 0 saturated carbocycles. The summed E-state index contributed by atoms with van der Waals surface area (Å²) in [5, 5.41) is 2.71. The van der Waals surface area contributed by atoms with Crippen LogP contribution in [-0.2, 0) is 11.3 Å². The molecular formula is C25H24N4O2S. The number of carbonyl (C=O) groups is 1. The van der Waals surface area contributed by atoms with Crippen LogP contribution in [0.5, 0.6) is 0 Å². The lowest BCUT2D eigenvalue weighted by atomic mass is 10.1. The van der Waals surface area contributed by atoms with Gasteiger partial charge < -0.3 is 4.90 Å². The fraction of sp³-hybridized carbons (Fsp3) is 0.280. The van der Waals surface area contributed by atoms with Gasteiger partial charge in [0.1, 0.15) is 5.25 Å². The zero-order valence-corrected chi connectivity index (χ0v) is 18.7. The average molecular weight is 445 g/mol. The smallest absolute Gasteiger partial charge is 0.262 e. The van der Waals surface area contributed by atoms with Crippen molar-refractivity contribution in [2.45, 2.75) is 36.7 Å². The van der Waals surface area contributed by atoms with Gasteiger partial charge in [0.15, 0.2) is 5.16 Å². The number of likely N-dealkylation sites (tertiary alicyclic amines) is 1. The largest absolute Gasteiger partial charge is 0.341 e. The van der Waals surface area contributed by atoms with E-state index in [4.69, 9.17) is 4.98 Å². The molecule has 0 aliphatic carbocycles. The van der Waals surface area contributed by atoms with Gasteiger partial charge >= 0.3 is 0 Å². The number of rotatable bonds is 5. The molecule has 1 fully saturated rings. The van der Waals surface area contributed by atoms with Crippen LogP contribution < -0.4 is 5.56 Å². The van der Waals surface area contributed by atoms with Gasteiger partial charge in [0.2, 0.25) is 5.91 Å². The number of aromatic nitrogens is 3. The van der Waals surface area contributed by atoms with Crippen LogP contribution >= 0.6 is 11.8 Å². The highest BCUT2D eigenvalue weighted by molar-refractivity contribution is 8.00. The summed E-state index contributed by atoms with van der Waals surface area (Å²) < 4.78 is 1.67. The maximum absolute atomic E-state index is 13.4. The third kappa shape index (κ3) is 3.77. The molecule has 1 atom stereocenters. The van der Waals surface area contributed by atoms with Gasteiger partial charge in [-0.15, -0.1) is 0 Å². The number of nitrogens with zero attached hydrogens (tertiary/aromatic N) is 4. The van der Waals surface area contributed by atoms with Crippen LogP contribution in [0.2, 0.25) is 0 Å². The zero-order valence-electron chi connectivity index (χ0n) is 17.9. The Morgan fingerprint density at radius 3 is 2.53 bits per heavy atom. The van der Waals surface area contributed by atoms with E-state index in [2.05, 4.69) is 4.98 Å². The van der Waals surface area contributed by atoms with Gasteiger partial charge in [0.25, 0.3) is 5.56 Å². The van der Waals surface area contributed by atoms with Crippen molar-refractivity contribution in [3.8, 4) is 0 Å². The second-order valence-electron chi connectivity index (χ2n) is 7.98. The molecule has 1 unspecified atom stereocenters. The first-order valence-electron chi connectivity index (χ1n) is 10.9. The van der Waals surface area contributed by atoms with E-state index < -0.39 is 5.25 Å². The Bertz CT molecular complexity index is 1350. The van der Waals surface area contributed by atoms with Crippen LogP contribution in [-0.4, -0.2) is 38.4 Å². The van der Waals surface area contributed by atoms with Crippen LogP contribution in [0.25, 0.3) is 21.7 Å². The summed E-state index contributed by atoms with van der Waals surface area (Å²) in [4.78, 5) is 37.8. The Hall–Kier alpha value is -3.19. The van der Waals surface area contributed by atoms with Gasteiger partial charge in [-0.2, -0.15) is 0 Å². The van der Waals surface area contributed by atoms with Gasteiger partial charge in [-0.05, 0) is 54.3 Å². The molecule has 32 heavy (non-hydrogen) atoms. The lowest BCUT2D eigenvalue weighted by Gasteiger charge is -2.23. The molecular weight excluding hydrogens is 420 g/mol. The summed E-state index contributed by atoms with van der Waals surface area (Å²) in [6.07, 6.45) is 5.48. The van der Waals surface area contributed by atoms with Gasteiger partial charge in [0, 0.05) is 32.0 Å². The van der Waals surface area contributed by atoms with E-state index in [1.165, 1.54) is 11.8 Å². The monoisotopic (exact) mass is 444 g/mol. The molecule has 3 heterocycles. The van der Waals surface area contributed by atoms with Crippen LogP contribution in [0.15, 0.2) is 70.9 Å². The van der Waals surface area contributed by atoms with Crippen molar-refractivity contribution in [1.29, 1.82) is 0 Å². The number of amides is 1. The summed E-state index contributed by atoms with van der Waals surface area (Å²) in [7, 11) is 0. The van der Waals surface area contributed by atoms with Crippen LogP contribution in [0.4, 0.5) is 0 Å². The summed E-state index contributed by atoms with van der Waals surface area (Å²) in [5.74, 6) is 0.0519. The molecule has 5 rings (SSSR count). The Kier molecular flexibility index (Phi) is 5.66. The minimum atomic E-state index is -0.496. The van der Waals surface area contributed by atoms with Gasteiger partial charge in [-0.1, -0.05) is 42.1 Å². The molecule has 2 aromatic heterocycles. The van der Waals surface area contributed by atoms with E-state index in [0.29, 0.717) is 22.6 Å². The predicted octanol–water partition coefficient (Wildman–Crippen LogP) is 4.42. The SMILES string of the molecule is CCn1c(SC(C(=O)N2CCCC2)c2cccnc2)nc2cc3ccccc3cc2c1=O. The maximum atomic E-state index is 13.4. The summed E-state index contributed by atoms with van der Waals surface area (Å²) in [5.41, 5.74) is 1.40. The van der Waals surface area contributed by atoms with E-state index in [-0.39, 0.29) is 11.5 Å². The number of pyridine rings is 1. The Labute approximate surface area is 190 Å². The molecule has 1 aliphatic rings. The first kappa shape index (κ1) is 20.7.